The van der Waals surface area contributed by atoms with Crippen LogP contribution in [0.2, 0.25) is 0 Å². The Bertz CT molecular complexity index is 825. The Kier molecular flexibility index (Phi) is 4.17. The van der Waals surface area contributed by atoms with Gasteiger partial charge in [0.05, 0.1) is 6.54 Å². The number of fused-ring (bicyclic) bond motifs is 1. The number of pyridine rings is 1. The van der Waals surface area contributed by atoms with Crippen molar-refractivity contribution in [3.63, 3.8) is 0 Å². The largest absolute Gasteiger partial charge is 0.507 e. The molecule has 0 fully saturated rings. The lowest BCUT2D eigenvalue weighted by atomic mass is 10.0. The zero-order valence-electron chi connectivity index (χ0n) is 12.3. The maximum Gasteiger partial charge on any atom is 0.205 e. The van der Waals surface area contributed by atoms with E-state index in [1.54, 1.807) is 6.07 Å². The Morgan fingerprint density at radius 2 is 1.77 bits per heavy atom. The van der Waals surface area contributed by atoms with Crippen LogP contribution >= 0.6 is 0 Å². The van der Waals surface area contributed by atoms with Crippen LogP contribution < -0.4 is 10.3 Å². The second-order valence-electron chi connectivity index (χ2n) is 5.16. The topological polar surface area (TPSA) is 50.1 Å². The molecule has 0 atom stereocenters. The molecule has 1 aromatic heterocycles. The minimum absolute atomic E-state index is 0.288. The minimum Gasteiger partial charge on any atom is -0.507 e. The molecule has 0 saturated carbocycles. The summed E-state index contributed by atoms with van der Waals surface area (Å²) in [7, 11) is 0. The molecule has 0 unspecified atom stereocenters. The first-order valence-corrected chi connectivity index (χ1v) is 7.37. The third kappa shape index (κ3) is 2.85. The Hall–Kier alpha value is -2.65. The average molecular weight is 291 g/mol. The zero-order valence-corrected chi connectivity index (χ0v) is 12.3. The predicted octanol–water partition coefficient (Wildman–Crippen LogP) is 2.96. The number of aromatic nitrogens is 1. The van der Waals surface area contributed by atoms with Crippen LogP contribution in [0.5, 0.6) is 5.75 Å². The van der Waals surface area contributed by atoms with E-state index in [0.717, 1.165) is 28.6 Å². The third-order valence-electron chi connectivity index (χ3n) is 3.71. The number of phenolic OH excluding ortho intramolecular Hbond substituents is 1. The van der Waals surface area contributed by atoms with Gasteiger partial charge in [-0.15, -0.1) is 0 Å². The van der Waals surface area contributed by atoms with Crippen molar-refractivity contribution in [3.05, 3.63) is 72.1 Å². The first-order valence-electron chi connectivity index (χ1n) is 7.37. The maximum absolute atomic E-state index is 10.2. The van der Waals surface area contributed by atoms with Crippen LogP contribution in [0.15, 0.2) is 60.8 Å². The molecule has 0 amide bonds. The summed E-state index contributed by atoms with van der Waals surface area (Å²) >= 11 is 0. The summed E-state index contributed by atoms with van der Waals surface area (Å²) in [4.78, 5) is 0. The number of hydrogen-bond acceptors (Lipinski definition) is 2. The summed E-state index contributed by atoms with van der Waals surface area (Å²) in [5.41, 5.74) is 7.54. The van der Waals surface area contributed by atoms with Crippen LogP contribution in [0, 0.1) is 0 Å². The van der Waals surface area contributed by atoms with Crippen molar-refractivity contribution >= 4 is 22.9 Å². The normalized spacial score (nSPS) is 11.3. The summed E-state index contributed by atoms with van der Waals surface area (Å²) in [5, 5.41) is 12.3. The van der Waals surface area contributed by atoms with E-state index in [2.05, 4.69) is 4.57 Å². The van der Waals surface area contributed by atoms with Gasteiger partial charge >= 0.3 is 0 Å². The van der Waals surface area contributed by atoms with Crippen LogP contribution in [-0.2, 0) is 6.54 Å². The van der Waals surface area contributed by atoms with Gasteiger partial charge < -0.3 is 10.8 Å². The minimum atomic E-state index is 0.288. The Morgan fingerprint density at radius 3 is 2.64 bits per heavy atom. The molecule has 1 heterocycles. The predicted molar refractivity (Wildman–Crippen MR) is 90.2 cm³/mol. The molecule has 2 aromatic carbocycles. The van der Waals surface area contributed by atoms with Crippen LogP contribution in [0.3, 0.4) is 0 Å². The molecule has 0 radical (unpaired) electrons. The van der Waals surface area contributed by atoms with E-state index in [4.69, 9.17) is 5.73 Å². The summed E-state index contributed by atoms with van der Waals surface area (Å²) in [6, 6.07) is 17.7. The number of nitrogens with two attached hydrogens (primary N) is 1. The standard InChI is InChI=1S/C19H18N2O/c20-12-14-21-13-4-3-6-16(21)9-10-18-17-7-2-1-5-15(17)8-11-19(18)22/h1-11,13H,12,14,20H2/p+1. The van der Waals surface area contributed by atoms with Gasteiger partial charge in [-0.1, -0.05) is 30.3 Å². The molecule has 3 nitrogen and oxygen atoms in total. The Morgan fingerprint density at radius 1 is 0.955 bits per heavy atom. The van der Waals surface area contributed by atoms with E-state index in [1.807, 2.05) is 66.9 Å². The first kappa shape index (κ1) is 14.3. The molecule has 0 spiro atoms. The molecular weight excluding hydrogens is 272 g/mol. The van der Waals surface area contributed by atoms with E-state index in [1.165, 1.54) is 0 Å². The third-order valence-corrected chi connectivity index (χ3v) is 3.71. The maximum atomic E-state index is 10.2. The van der Waals surface area contributed by atoms with Gasteiger partial charge in [0, 0.05) is 23.8 Å². The van der Waals surface area contributed by atoms with Gasteiger partial charge in [0.25, 0.3) is 0 Å². The van der Waals surface area contributed by atoms with Crippen LogP contribution in [0.4, 0.5) is 0 Å². The lowest BCUT2D eigenvalue weighted by Gasteiger charge is -2.05. The summed E-state index contributed by atoms with van der Waals surface area (Å²) in [6.45, 7) is 1.36. The van der Waals surface area contributed by atoms with Crippen LogP contribution in [0.1, 0.15) is 11.3 Å². The summed E-state index contributed by atoms with van der Waals surface area (Å²) in [6.07, 6.45) is 5.98. The molecule has 0 aliphatic heterocycles. The van der Waals surface area contributed by atoms with Crippen molar-refractivity contribution in [3.8, 4) is 5.75 Å². The van der Waals surface area contributed by atoms with Crippen molar-refractivity contribution < 1.29 is 9.67 Å². The van der Waals surface area contributed by atoms with Gasteiger partial charge in [0.15, 0.2) is 12.7 Å². The highest BCUT2D eigenvalue weighted by atomic mass is 16.3. The number of aromatic hydroxyl groups is 1. The molecule has 0 saturated heterocycles. The van der Waals surface area contributed by atoms with E-state index < -0.39 is 0 Å². The zero-order chi connectivity index (χ0) is 15.4. The van der Waals surface area contributed by atoms with Gasteiger partial charge in [-0.2, -0.15) is 4.57 Å². The van der Waals surface area contributed by atoms with Crippen molar-refractivity contribution in [1.82, 2.24) is 0 Å². The van der Waals surface area contributed by atoms with Gasteiger partial charge in [0.2, 0.25) is 5.69 Å². The number of benzene rings is 2. The van der Waals surface area contributed by atoms with Gasteiger partial charge in [-0.05, 0) is 29.0 Å². The molecule has 0 aliphatic carbocycles. The van der Waals surface area contributed by atoms with Crippen molar-refractivity contribution in [2.75, 3.05) is 6.54 Å². The van der Waals surface area contributed by atoms with E-state index >= 15 is 0 Å². The van der Waals surface area contributed by atoms with E-state index in [-0.39, 0.29) is 5.75 Å². The Labute approximate surface area is 130 Å². The molecule has 0 aliphatic rings. The number of hydrogen-bond donors (Lipinski definition) is 2. The number of nitrogens with zero attached hydrogens (tertiary/aromatic N) is 1. The van der Waals surface area contributed by atoms with Crippen LogP contribution in [-0.4, -0.2) is 11.7 Å². The second-order valence-corrected chi connectivity index (χ2v) is 5.16. The highest BCUT2D eigenvalue weighted by Gasteiger charge is 2.07. The van der Waals surface area contributed by atoms with Gasteiger partial charge in [-0.3, -0.25) is 0 Å². The first-order chi connectivity index (χ1) is 10.8. The fraction of sp³-hybridized carbons (Fsp3) is 0.105. The van der Waals surface area contributed by atoms with Crippen molar-refractivity contribution in [1.29, 1.82) is 0 Å². The fourth-order valence-corrected chi connectivity index (χ4v) is 2.61. The van der Waals surface area contributed by atoms with Crippen LogP contribution in [0.25, 0.3) is 22.9 Å². The molecular formula is C19H19N2O+. The smallest absolute Gasteiger partial charge is 0.205 e. The lowest BCUT2D eigenvalue weighted by Crippen LogP contribution is -2.39. The molecule has 3 heteroatoms. The van der Waals surface area contributed by atoms with Gasteiger partial charge in [0.1, 0.15) is 5.75 Å². The van der Waals surface area contributed by atoms with Gasteiger partial charge in [-0.25, -0.2) is 0 Å². The summed E-state index contributed by atoms with van der Waals surface area (Å²) in [5.74, 6) is 0.288. The molecule has 3 rings (SSSR count). The fourth-order valence-electron chi connectivity index (χ4n) is 2.61. The summed E-state index contributed by atoms with van der Waals surface area (Å²) < 4.78 is 2.10. The van der Waals surface area contributed by atoms with Crippen molar-refractivity contribution in [2.45, 2.75) is 6.54 Å². The quantitative estimate of drug-likeness (QED) is 0.726. The molecule has 0 bridgehead atoms. The average Bonchev–Trinajstić information content (AvgIpc) is 2.55. The second kappa shape index (κ2) is 6.41. The number of rotatable bonds is 4. The monoisotopic (exact) mass is 291 g/mol. The number of phenols is 1. The van der Waals surface area contributed by atoms with E-state index in [9.17, 15) is 5.11 Å². The van der Waals surface area contributed by atoms with E-state index in [0.29, 0.717) is 6.54 Å². The highest BCUT2D eigenvalue weighted by molar-refractivity contribution is 5.94. The molecule has 3 N–H and O–H groups in total. The highest BCUT2D eigenvalue weighted by Crippen LogP contribution is 2.28. The molecule has 22 heavy (non-hydrogen) atoms. The molecule has 3 aromatic rings. The van der Waals surface area contributed by atoms with Crippen molar-refractivity contribution in [2.24, 2.45) is 5.73 Å². The molecule has 110 valence electrons. The lowest BCUT2D eigenvalue weighted by molar-refractivity contribution is -0.696. The SMILES string of the molecule is NCC[n+]1ccccc1/C=C/c1c(O)ccc2ccccc12. The Balaban J connectivity index is 2.05.